The summed E-state index contributed by atoms with van der Waals surface area (Å²) in [5.74, 6) is -2.57. The van der Waals surface area contributed by atoms with Crippen molar-refractivity contribution in [2.75, 3.05) is 33.0 Å². The van der Waals surface area contributed by atoms with E-state index in [9.17, 15) is 24.3 Å². The maximum atomic E-state index is 12.6. The second-order valence-electron chi connectivity index (χ2n) is 18.1. The van der Waals surface area contributed by atoms with Crippen LogP contribution in [-0.4, -0.2) is 73.2 Å². The lowest BCUT2D eigenvalue weighted by molar-refractivity contribution is -0.158. The van der Waals surface area contributed by atoms with Gasteiger partial charge < -0.3 is 28.8 Å². The van der Waals surface area contributed by atoms with Crippen LogP contribution in [0, 0.1) is 23.7 Å². The molecule has 0 saturated heterocycles. The van der Waals surface area contributed by atoms with Gasteiger partial charge in [0.05, 0.1) is 38.3 Å². The quantitative estimate of drug-likeness (QED) is 0.0600. The van der Waals surface area contributed by atoms with Crippen LogP contribution in [0.2, 0.25) is 0 Å². The molecule has 4 aromatic rings. The van der Waals surface area contributed by atoms with Crippen molar-refractivity contribution in [2.24, 2.45) is 23.7 Å². The molecule has 10 heteroatoms. The zero-order valence-corrected chi connectivity index (χ0v) is 39.6. The number of hydrogen-bond donors (Lipinski definition) is 1. The number of aliphatic hydroxyl groups is 1. The molecule has 0 spiro atoms. The van der Waals surface area contributed by atoms with Gasteiger partial charge in [0.25, 0.3) is 0 Å². The van der Waals surface area contributed by atoms with Crippen LogP contribution in [0.1, 0.15) is 99.1 Å². The van der Waals surface area contributed by atoms with E-state index in [0.29, 0.717) is 38.9 Å². The summed E-state index contributed by atoms with van der Waals surface area (Å²) in [5, 5.41) is 9.70. The van der Waals surface area contributed by atoms with E-state index >= 15 is 0 Å². The Balaban J connectivity index is 0.000000341. The Hall–Kier alpha value is -5.32. The van der Waals surface area contributed by atoms with Gasteiger partial charge >= 0.3 is 23.9 Å². The minimum Gasteiger partial charge on any atom is -0.466 e. The average molecular weight is 881 g/mol. The van der Waals surface area contributed by atoms with Gasteiger partial charge in [0.2, 0.25) is 0 Å². The first-order chi connectivity index (χ1) is 30.4. The molecule has 348 valence electrons. The third-order valence-electron chi connectivity index (χ3n) is 10.1. The Morgan fingerprint density at radius 1 is 0.500 bits per heavy atom. The van der Waals surface area contributed by atoms with Crippen molar-refractivity contribution in [1.29, 1.82) is 0 Å². The fraction of sp³-hybridized carbons (Fsp3) is 0.481. The molecular weight excluding hydrogens is 809 g/mol. The highest BCUT2D eigenvalue weighted by Gasteiger charge is 2.29. The summed E-state index contributed by atoms with van der Waals surface area (Å²) in [6.45, 7) is 17.6. The molecule has 0 aliphatic rings. The summed E-state index contributed by atoms with van der Waals surface area (Å²) >= 11 is 0. The van der Waals surface area contributed by atoms with E-state index < -0.39 is 29.0 Å². The summed E-state index contributed by atoms with van der Waals surface area (Å²) < 4.78 is 27.0. The average Bonchev–Trinajstić information content (AvgIpc) is 3.24. The maximum absolute atomic E-state index is 12.6. The summed E-state index contributed by atoms with van der Waals surface area (Å²) in [6, 6.07) is 36.9. The summed E-state index contributed by atoms with van der Waals surface area (Å²) in [4.78, 5) is 49.8. The number of hydrogen-bond acceptors (Lipinski definition) is 10. The van der Waals surface area contributed by atoms with Crippen molar-refractivity contribution in [3.63, 3.8) is 0 Å². The van der Waals surface area contributed by atoms with Gasteiger partial charge in [-0.3, -0.25) is 19.2 Å². The highest BCUT2D eigenvalue weighted by atomic mass is 16.6. The number of rotatable bonds is 22. The van der Waals surface area contributed by atoms with Crippen LogP contribution in [0.4, 0.5) is 0 Å². The van der Waals surface area contributed by atoms with Crippen LogP contribution >= 0.6 is 0 Å². The number of benzene rings is 4. The van der Waals surface area contributed by atoms with E-state index in [0.717, 1.165) is 33.4 Å². The highest BCUT2D eigenvalue weighted by molar-refractivity contribution is 5.74. The fourth-order valence-corrected chi connectivity index (χ4v) is 7.37. The Bertz CT molecular complexity index is 1960. The minimum atomic E-state index is -0.657. The SMILES string of the molecule is CCOC(=O)[C@H](CO)C[C@H](CC(=O)OC(C)(C)C)Cc1ccc(-c2ccccc2)cc1.CCOC[C@H](C[C@H](CC(=O)OC(C)(C)C)Cc1ccc(-c2ccccc2)cc1)C(=O)OCC. The van der Waals surface area contributed by atoms with Crippen molar-refractivity contribution < 1.29 is 48.0 Å². The van der Waals surface area contributed by atoms with Crippen LogP contribution in [0.5, 0.6) is 0 Å². The Morgan fingerprint density at radius 2 is 0.859 bits per heavy atom. The van der Waals surface area contributed by atoms with E-state index in [1.165, 1.54) is 0 Å². The third kappa shape index (κ3) is 20.5. The molecular formula is C54H72O10. The van der Waals surface area contributed by atoms with E-state index in [-0.39, 0.29) is 62.4 Å². The third-order valence-corrected chi connectivity index (χ3v) is 10.1. The van der Waals surface area contributed by atoms with E-state index in [1.807, 2.05) is 97.0 Å². The lowest BCUT2D eigenvalue weighted by Gasteiger charge is -2.25. The number of esters is 4. The maximum Gasteiger partial charge on any atom is 0.311 e. The zero-order chi connectivity index (χ0) is 47.1. The standard InChI is InChI=1S/C28H38O5.C26H34O5/c1-6-31-20-25(27(30)32-7-2)18-22(19-26(29)33-28(3,4)5)17-21-13-15-24(16-14-21)23-11-9-8-10-12-23;1-5-30-25(29)23(18-27)16-20(17-24(28)31-26(2,3)4)15-19-11-13-22(14-12-19)21-9-7-6-8-10-21/h8-16,22,25H,6-7,17-20H2,1-5H3;6-14,20,23,27H,5,15-18H2,1-4H3/t22-,25+;20-,23+/m11/s1. The van der Waals surface area contributed by atoms with Crippen molar-refractivity contribution in [2.45, 2.75) is 112 Å². The molecule has 0 radical (unpaired) electrons. The van der Waals surface area contributed by atoms with Crippen LogP contribution in [0.25, 0.3) is 22.3 Å². The summed E-state index contributed by atoms with van der Waals surface area (Å²) in [6.07, 6.45) is 2.53. The van der Waals surface area contributed by atoms with Crippen LogP contribution in [0.15, 0.2) is 109 Å². The highest BCUT2D eigenvalue weighted by Crippen LogP contribution is 2.28. The van der Waals surface area contributed by atoms with Crippen molar-refractivity contribution in [3.05, 3.63) is 120 Å². The van der Waals surface area contributed by atoms with E-state index in [2.05, 4.69) is 60.7 Å². The molecule has 10 nitrogen and oxygen atoms in total. The molecule has 4 aromatic carbocycles. The first-order valence-electron chi connectivity index (χ1n) is 22.7. The van der Waals surface area contributed by atoms with Gasteiger partial charge in [-0.1, -0.05) is 109 Å². The smallest absolute Gasteiger partial charge is 0.311 e. The molecule has 0 aliphatic carbocycles. The Labute approximate surface area is 382 Å². The second kappa shape index (κ2) is 27.1. The van der Waals surface area contributed by atoms with Gasteiger partial charge in [-0.15, -0.1) is 0 Å². The molecule has 64 heavy (non-hydrogen) atoms. The van der Waals surface area contributed by atoms with Crippen molar-refractivity contribution in [3.8, 4) is 22.3 Å². The van der Waals surface area contributed by atoms with Gasteiger partial charge in [-0.05, 0) is 133 Å². The molecule has 0 aromatic heterocycles. The Kier molecular flexibility index (Phi) is 22.5. The molecule has 0 aliphatic heterocycles. The molecule has 0 amide bonds. The first-order valence-corrected chi connectivity index (χ1v) is 22.7. The molecule has 0 bridgehead atoms. The molecule has 0 heterocycles. The Morgan fingerprint density at radius 3 is 1.20 bits per heavy atom. The monoisotopic (exact) mass is 881 g/mol. The van der Waals surface area contributed by atoms with E-state index in [1.54, 1.807) is 13.8 Å². The first kappa shape index (κ1) is 53.0. The number of carbonyl (C=O) groups is 4. The molecule has 4 atom stereocenters. The summed E-state index contributed by atoms with van der Waals surface area (Å²) in [5.41, 5.74) is 5.62. The normalized spacial score (nSPS) is 13.3. The van der Waals surface area contributed by atoms with Crippen LogP contribution < -0.4 is 0 Å². The van der Waals surface area contributed by atoms with E-state index in [4.69, 9.17) is 23.7 Å². The zero-order valence-electron chi connectivity index (χ0n) is 39.6. The topological polar surface area (TPSA) is 135 Å². The van der Waals surface area contributed by atoms with Gasteiger partial charge in [0.1, 0.15) is 11.2 Å². The minimum absolute atomic E-state index is 0.0720. The van der Waals surface area contributed by atoms with Crippen LogP contribution in [-0.2, 0) is 55.7 Å². The molecule has 0 saturated carbocycles. The molecule has 0 fully saturated rings. The van der Waals surface area contributed by atoms with Crippen LogP contribution in [0.3, 0.4) is 0 Å². The largest absolute Gasteiger partial charge is 0.466 e. The number of aliphatic hydroxyl groups excluding tert-OH is 1. The lowest BCUT2D eigenvalue weighted by atomic mass is 9.87. The predicted molar refractivity (Wildman–Crippen MR) is 252 cm³/mol. The fourth-order valence-electron chi connectivity index (χ4n) is 7.37. The van der Waals surface area contributed by atoms with Gasteiger partial charge in [-0.25, -0.2) is 0 Å². The molecule has 1 N–H and O–H groups in total. The molecule has 0 unspecified atom stereocenters. The van der Waals surface area contributed by atoms with Gasteiger partial charge in [0.15, 0.2) is 0 Å². The predicted octanol–water partition coefficient (Wildman–Crippen LogP) is 10.7. The molecule has 4 rings (SSSR count). The van der Waals surface area contributed by atoms with Crippen molar-refractivity contribution in [1.82, 2.24) is 0 Å². The second-order valence-corrected chi connectivity index (χ2v) is 18.1. The van der Waals surface area contributed by atoms with Gasteiger partial charge in [0, 0.05) is 19.4 Å². The number of ether oxygens (including phenoxy) is 5. The number of carbonyl (C=O) groups excluding carboxylic acids is 4. The summed E-state index contributed by atoms with van der Waals surface area (Å²) in [7, 11) is 0. The van der Waals surface area contributed by atoms with Gasteiger partial charge in [-0.2, -0.15) is 0 Å². The lowest BCUT2D eigenvalue weighted by Crippen LogP contribution is -2.29. The van der Waals surface area contributed by atoms with Crippen molar-refractivity contribution >= 4 is 23.9 Å².